The molecule has 0 amide bonds. The van der Waals surface area contributed by atoms with Crippen molar-refractivity contribution in [3.8, 4) is 22.8 Å². The van der Waals surface area contributed by atoms with Gasteiger partial charge >= 0.3 is 5.97 Å². The number of hydrogen-bond donors (Lipinski definition) is 1. The molecule has 37 heavy (non-hydrogen) atoms. The van der Waals surface area contributed by atoms with Crippen LogP contribution in [-0.2, 0) is 11.2 Å². The topological polar surface area (TPSA) is 84.8 Å². The van der Waals surface area contributed by atoms with E-state index in [2.05, 4.69) is 28.7 Å². The second-order valence-electron chi connectivity index (χ2n) is 10.6. The summed E-state index contributed by atoms with van der Waals surface area (Å²) >= 11 is 0. The molecular formula is C30H37N3O4. The fraction of sp³-hybridized carbons (Fsp3) is 0.433. The number of aliphatic carboxylic acids is 1. The molecule has 0 atom stereocenters. The van der Waals surface area contributed by atoms with Crippen molar-refractivity contribution in [1.29, 1.82) is 0 Å². The highest BCUT2D eigenvalue weighted by atomic mass is 16.5. The average Bonchev–Trinajstić information content (AvgIpc) is 2.85. The summed E-state index contributed by atoms with van der Waals surface area (Å²) in [6.45, 7) is 13.1. The number of ether oxygens (including phenoxy) is 2. The third-order valence-corrected chi connectivity index (χ3v) is 7.15. The van der Waals surface area contributed by atoms with Gasteiger partial charge in [-0.25, -0.2) is 0 Å². The van der Waals surface area contributed by atoms with Gasteiger partial charge in [0.25, 0.3) is 0 Å². The van der Waals surface area contributed by atoms with Crippen molar-refractivity contribution in [3.63, 3.8) is 0 Å². The Labute approximate surface area is 219 Å². The monoisotopic (exact) mass is 503 g/mol. The summed E-state index contributed by atoms with van der Waals surface area (Å²) in [4.78, 5) is 23.2. The molecule has 0 spiro atoms. The number of aryl methyl sites for hydroxylation is 3. The van der Waals surface area contributed by atoms with E-state index in [4.69, 9.17) is 9.47 Å². The summed E-state index contributed by atoms with van der Waals surface area (Å²) in [6, 6.07) is 9.89. The maximum Gasteiger partial charge on any atom is 0.307 e. The highest BCUT2D eigenvalue weighted by Crippen LogP contribution is 2.39. The zero-order valence-electron chi connectivity index (χ0n) is 22.5. The van der Waals surface area contributed by atoms with E-state index in [1.807, 2.05) is 57.3 Å². The summed E-state index contributed by atoms with van der Waals surface area (Å²) in [5, 5.41) is 9.61. The molecule has 2 aromatic heterocycles. The fourth-order valence-corrected chi connectivity index (χ4v) is 4.84. The van der Waals surface area contributed by atoms with Crippen LogP contribution in [0.1, 0.15) is 49.1 Å². The van der Waals surface area contributed by atoms with Crippen LogP contribution in [0.4, 0.5) is 5.69 Å². The quantitative estimate of drug-likeness (QED) is 0.371. The molecule has 4 rings (SSSR count). The number of carbonyl (C=O) groups is 1. The van der Waals surface area contributed by atoms with E-state index in [9.17, 15) is 9.90 Å². The third kappa shape index (κ3) is 6.40. The van der Waals surface area contributed by atoms with Crippen molar-refractivity contribution in [2.75, 3.05) is 31.2 Å². The molecule has 1 aromatic carbocycles. The van der Waals surface area contributed by atoms with Crippen LogP contribution in [0.5, 0.6) is 11.5 Å². The third-order valence-electron chi connectivity index (χ3n) is 7.15. The van der Waals surface area contributed by atoms with Gasteiger partial charge in [-0.3, -0.25) is 14.8 Å². The minimum absolute atomic E-state index is 0.0660. The van der Waals surface area contributed by atoms with Crippen molar-refractivity contribution in [2.24, 2.45) is 5.41 Å². The van der Waals surface area contributed by atoms with Gasteiger partial charge in [-0.05, 0) is 62.3 Å². The van der Waals surface area contributed by atoms with E-state index in [0.717, 1.165) is 71.0 Å². The molecule has 7 nitrogen and oxygen atoms in total. The largest absolute Gasteiger partial charge is 0.489 e. The molecule has 1 aliphatic rings. The van der Waals surface area contributed by atoms with Crippen LogP contribution in [0.15, 0.2) is 42.7 Å². The predicted molar refractivity (Wildman–Crippen MR) is 146 cm³/mol. The molecule has 3 aromatic rings. The van der Waals surface area contributed by atoms with Crippen molar-refractivity contribution in [3.05, 3.63) is 65.1 Å². The first kappa shape index (κ1) is 26.5. The summed E-state index contributed by atoms with van der Waals surface area (Å²) < 4.78 is 11.8. The van der Waals surface area contributed by atoms with E-state index < -0.39 is 5.97 Å². The number of benzene rings is 1. The number of carboxylic acids is 1. The number of nitrogens with zero attached hydrogens (tertiary/aromatic N) is 3. The SMILES string of the molecule is Cc1cccc(C)c1OCCOc1ccc(-c2cnc(C)c(CC(=O)O)c2N2CCC(C)(C)CC2)nc1. The van der Waals surface area contributed by atoms with Crippen LogP contribution in [-0.4, -0.2) is 47.3 Å². The number of rotatable bonds is 9. The van der Waals surface area contributed by atoms with Crippen LogP contribution >= 0.6 is 0 Å². The smallest absolute Gasteiger partial charge is 0.307 e. The van der Waals surface area contributed by atoms with Crippen molar-refractivity contribution >= 4 is 11.7 Å². The standard InChI is InChI=1S/C30H37N3O4/c1-20-7-6-8-21(2)29(20)37-16-15-36-23-9-10-26(32-18-23)25-19-31-22(3)24(17-27(34)35)28(25)33-13-11-30(4,5)12-14-33/h6-10,18-19H,11-17H2,1-5H3,(H,34,35). The molecule has 1 N–H and O–H groups in total. The maximum absolute atomic E-state index is 11.7. The second-order valence-corrected chi connectivity index (χ2v) is 10.6. The lowest BCUT2D eigenvalue weighted by molar-refractivity contribution is -0.136. The number of hydrogen-bond acceptors (Lipinski definition) is 6. The van der Waals surface area contributed by atoms with E-state index >= 15 is 0 Å². The average molecular weight is 504 g/mol. The number of para-hydroxylation sites is 1. The molecule has 1 saturated heterocycles. The summed E-state index contributed by atoms with van der Waals surface area (Å²) in [7, 11) is 0. The van der Waals surface area contributed by atoms with Crippen LogP contribution in [0.25, 0.3) is 11.3 Å². The van der Waals surface area contributed by atoms with Gasteiger partial charge in [0.15, 0.2) is 0 Å². The van der Waals surface area contributed by atoms with Crippen molar-refractivity contribution in [2.45, 2.75) is 53.9 Å². The lowest BCUT2D eigenvalue weighted by Gasteiger charge is -2.40. The molecule has 0 bridgehead atoms. The van der Waals surface area contributed by atoms with Gasteiger partial charge in [0.2, 0.25) is 0 Å². The molecule has 0 radical (unpaired) electrons. The van der Waals surface area contributed by atoms with Gasteiger partial charge in [0.05, 0.1) is 24.0 Å². The first-order chi connectivity index (χ1) is 17.6. The van der Waals surface area contributed by atoms with Gasteiger partial charge in [-0.1, -0.05) is 32.0 Å². The van der Waals surface area contributed by atoms with Crippen LogP contribution in [0, 0.1) is 26.2 Å². The van der Waals surface area contributed by atoms with E-state index in [-0.39, 0.29) is 11.8 Å². The Balaban J connectivity index is 1.51. The van der Waals surface area contributed by atoms with E-state index in [1.165, 1.54) is 0 Å². The number of pyridine rings is 2. The Morgan fingerprint density at radius 3 is 2.27 bits per heavy atom. The Kier molecular flexibility index (Phi) is 8.00. The number of piperidine rings is 1. The van der Waals surface area contributed by atoms with Gasteiger partial charge in [0, 0.05) is 36.1 Å². The minimum Gasteiger partial charge on any atom is -0.489 e. The first-order valence-electron chi connectivity index (χ1n) is 12.9. The zero-order chi connectivity index (χ0) is 26.6. The number of anilines is 1. The van der Waals surface area contributed by atoms with E-state index in [1.54, 1.807) is 6.20 Å². The highest BCUT2D eigenvalue weighted by molar-refractivity contribution is 5.83. The summed E-state index contributed by atoms with van der Waals surface area (Å²) in [5.74, 6) is 0.693. The lowest BCUT2D eigenvalue weighted by Crippen LogP contribution is -2.38. The van der Waals surface area contributed by atoms with Crippen LogP contribution in [0.2, 0.25) is 0 Å². The maximum atomic E-state index is 11.7. The normalized spacial score (nSPS) is 14.9. The predicted octanol–water partition coefficient (Wildman–Crippen LogP) is 5.78. The van der Waals surface area contributed by atoms with Crippen LogP contribution < -0.4 is 14.4 Å². The summed E-state index contributed by atoms with van der Waals surface area (Å²) in [6.07, 6.45) is 5.55. The molecule has 3 heterocycles. The molecule has 0 aliphatic carbocycles. The first-order valence-corrected chi connectivity index (χ1v) is 12.9. The van der Waals surface area contributed by atoms with Gasteiger partial charge in [0.1, 0.15) is 24.7 Å². The number of carboxylic acid groups (broad SMARTS) is 1. The molecule has 196 valence electrons. The Hall–Kier alpha value is -3.61. The Morgan fingerprint density at radius 1 is 0.973 bits per heavy atom. The fourth-order valence-electron chi connectivity index (χ4n) is 4.84. The Morgan fingerprint density at radius 2 is 1.65 bits per heavy atom. The van der Waals surface area contributed by atoms with E-state index in [0.29, 0.717) is 19.0 Å². The molecule has 0 saturated carbocycles. The molecular weight excluding hydrogens is 466 g/mol. The molecule has 0 unspecified atom stereocenters. The number of aromatic nitrogens is 2. The lowest BCUT2D eigenvalue weighted by atomic mass is 9.82. The molecule has 7 heteroatoms. The van der Waals surface area contributed by atoms with Gasteiger partial charge in [-0.2, -0.15) is 0 Å². The van der Waals surface area contributed by atoms with Gasteiger partial charge in [-0.15, -0.1) is 0 Å². The van der Waals surface area contributed by atoms with Crippen molar-refractivity contribution < 1.29 is 19.4 Å². The summed E-state index contributed by atoms with van der Waals surface area (Å²) in [5.41, 5.74) is 6.54. The van der Waals surface area contributed by atoms with Crippen LogP contribution in [0.3, 0.4) is 0 Å². The van der Waals surface area contributed by atoms with Crippen molar-refractivity contribution in [1.82, 2.24) is 9.97 Å². The molecule has 1 aliphatic heterocycles. The Bertz CT molecular complexity index is 1220. The highest BCUT2D eigenvalue weighted by Gasteiger charge is 2.29. The van der Waals surface area contributed by atoms with Gasteiger partial charge < -0.3 is 19.5 Å². The molecule has 1 fully saturated rings. The second kappa shape index (κ2) is 11.2. The zero-order valence-corrected chi connectivity index (χ0v) is 22.5. The minimum atomic E-state index is -0.861.